The molecule has 1 saturated heterocycles. The summed E-state index contributed by atoms with van der Waals surface area (Å²) in [6, 6.07) is 5.38. The Morgan fingerprint density at radius 1 is 1.35 bits per heavy atom. The second-order valence-electron chi connectivity index (χ2n) is 7.01. The summed E-state index contributed by atoms with van der Waals surface area (Å²) >= 11 is 0. The van der Waals surface area contributed by atoms with Gasteiger partial charge in [-0.1, -0.05) is 6.92 Å². The number of aromatic nitrogens is 1. The van der Waals surface area contributed by atoms with Crippen LogP contribution in [0.25, 0.3) is 10.9 Å². The van der Waals surface area contributed by atoms with Crippen LogP contribution in [0.5, 0.6) is 0 Å². The Morgan fingerprint density at radius 2 is 2.15 bits per heavy atom. The molecule has 0 aliphatic carbocycles. The van der Waals surface area contributed by atoms with Gasteiger partial charge in [0.1, 0.15) is 5.82 Å². The van der Waals surface area contributed by atoms with Gasteiger partial charge in [-0.25, -0.2) is 4.39 Å². The van der Waals surface area contributed by atoms with Crippen LogP contribution in [0.2, 0.25) is 0 Å². The fourth-order valence-electron chi connectivity index (χ4n) is 3.69. The van der Waals surface area contributed by atoms with Crippen LogP contribution in [0.3, 0.4) is 0 Å². The second-order valence-corrected chi connectivity index (χ2v) is 7.01. The lowest BCUT2D eigenvalue weighted by Gasteiger charge is -2.32. The van der Waals surface area contributed by atoms with Crippen molar-refractivity contribution in [1.29, 1.82) is 0 Å². The van der Waals surface area contributed by atoms with E-state index < -0.39 is 0 Å². The zero-order valence-electron chi connectivity index (χ0n) is 15.8. The van der Waals surface area contributed by atoms with Crippen LogP contribution in [0.15, 0.2) is 29.4 Å². The highest BCUT2D eigenvalue weighted by atomic mass is 19.1. The van der Waals surface area contributed by atoms with Gasteiger partial charge in [-0.15, -0.1) is 0 Å². The van der Waals surface area contributed by atoms with Crippen molar-refractivity contribution in [2.45, 2.75) is 38.6 Å². The smallest absolute Gasteiger partial charge is 0.191 e. The number of nitrogens with one attached hydrogen (secondary N) is 3. The summed E-state index contributed by atoms with van der Waals surface area (Å²) in [5, 5.41) is 8.04. The summed E-state index contributed by atoms with van der Waals surface area (Å²) < 4.78 is 13.3. The minimum absolute atomic E-state index is 0.210. The number of nitrogens with zero attached hydrogens (tertiary/aromatic N) is 2. The van der Waals surface area contributed by atoms with E-state index in [1.807, 2.05) is 19.3 Å². The van der Waals surface area contributed by atoms with E-state index in [0.29, 0.717) is 6.04 Å². The molecule has 1 aliphatic heterocycles. The number of hydrogen-bond donors (Lipinski definition) is 3. The van der Waals surface area contributed by atoms with E-state index in [-0.39, 0.29) is 5.82 Å². The molecule has 26 heavy (non-hydrogen) atoms. The minimum atomic E-state index is -0.210. The van der Waals surface area contributed by atoms with Gasteiger partial charge in [0.15, 0.2) is 5.96 Å². The minimum Gasteiger partial charge on any atom is -0.361 e. The Hall–Kier alpha value is -2.08. The van der Waals surface area contributed by atoms with E-state index in [0.717, 1.165) is 55.8 Å². The molecule has 0 unspecified atom stereocenters. The number of halogens is 1. The number of likely N-dealkylation sites (tertiary alicyclic amines) is 1. The number of aromatic amines is 1. The zero-order valence-corrected chi connectivity index (χ0v) is 15.8. The highest BCUT2D eigenvalue weighted by Crippen LogP contribution is 2.19. The normalized spacial score (nSPS) is 17.0. The number of fused-ring (bicyclic) bond motifs is 1. The maximum Gasteiger partial charge on any atom is 0.191 e. The van der Waals surface area contributed by atoms with Gasteiger partial charge in [-0.2, -0.15) is 0 Å². The molecule has 2 aromatic rings. The Bertz CT molecular complexity index is 731. The van der Waals surface area contributed by atoms with Gasteiger partial charge in [-0.3, -0.25) is 4.99 Å². The fraction of sp³-hybridized carbons (Fsp3) is 0.550. The molecular weight excluding hydrogens is 329 g/mol. The Balaban J connectivity index is 1.46. The number of guanidine groups is 1. The third-order valence-corrected chi connectivity index (χ3v) is 5.11. The van der Waals surface area contributed by atoms with E-state index in [4.69, 9.17) is 0 Å². The molecule has 1 aromatic carbocycles. The van der Waals surface area contributed by atoms with Crippen LogP contribution >= 0.6 is 0 Å². The lowest BCUT2D eigenvalue weighted by molar-refractivity contribution is 0.206. The number of H-pyrrole nitrogens is 1. The van der Waals surface area contributed by atoms with Crippen molar-refractivity contribution in [2.75, 3.05) is 33.2 Å². The SMILES string of the molecule is CCCN1CCC(NC(=NC)NCCc2c[nH]c3cc(F)ccc23)CC1. The van der Waals surface area contributed by atoms with E-state index in [2.05, 4.69) is 32.4 Å². The molecule has 1 fully saturated rings. The summed E-state index contributed by atoms with van der Waals surface area (Å²) in [7, 11) is 1.82. The summed E-state index contributed by atoms with van der Waals surface area (Å²) in [5.41, 5.74) is 2.04. The molecule has 1 aliphatic rings. The van der Waals surface area contributed by atoms with Gasteiger partial charge >= 0.3 is 0 Å². The third-order valence-electron chi connectivity index (χ3n) is 5.11. The molecule has 0 amide bonds. The van der Waals surface area contributed by atoms with E-state index in [1.54, 1.807) is 0 Å². The quantitative estimate of drug-likeness (QED) is 0.549. The Morgan fingerprint density at radius 3 is 2.88 bits per heavy atom. The molecule has 0 saturated carbocycles. The summed E-state index contributed by atoms with van der Waals surface area (Å²) in [6.07, 6.45) is 6.37. The lowest BCUT2D eigenvalue weighted by atomic mass is 10.1. The first kappa shape index (κ1) is 18.7. The molecule has 1 aromatic heterocycles. The molecule has 0 spiro atoms. The van der Waals surface area contributed by atoms with Gasteiger partial charge in [0.05, 0.1) is 0 Å². The van der Waals surface area contributed by atoms with Crippen LogP contribution in [0.4, 0.5) is 4.39 Å². The van der Waals surface area contributed by atoms with Crippen LogP contribution in [0.1, 0.15) is 31.7 Å². The fourth-order valence-corrected chi connectivity index (χ4v) is 3.69. The van der Waals surface area contributed by atoms with Gasteiger partial charge in [-0.05, 0) is 56.0 Å². The van der Waals surface area contributed by atoms with E-state index in [1.165, 1.54) is 30.7 Å². The summed E-state index contributed by atoms with van der Waals surface area (Å²) in [6.45, 7) is 6.55. The number of benzene rings is 1. The van der Waals surface area contributed by atoms with Crippen molar-refractivity contribution in [1.82, 2.24) is 20.5 Å². The van der Waals surface area contributed by atoms with Crippen LogP contribution in [0, 0.1) is 5.82 Å². The van der Waals surface area contributed by atoms with Crippen LogP contribution in [-0.2, 0) is 6.42 Å². The average Bonchev–Trinajstić information content (AvgIpc) is 3.04. The summed E-state index contributed by atoms with van der Waals surface area (Å²) in [5.74, 6) is 0.656. The maximum absolute atomic E-state index is 13.3. The van der Waals surface area contributed by atoms with Crippen molar-refractivity contribution in [3.05, 3.63) is 35.8 Å². The number of aliphatic imine (C=N–C) groups is 1. The summed E-state index contributed by atoms with van der Waals surface area (Å²) in [4.78, 5) is 10.0. The van der Waals surface area contributed by atoms with Crippen LogP contribution < -0.4 is 10.6 Å². The molecule has 2 heterocycles. The predicted octanol–water partition coefficient (Wildman–Crippen LogP) is 2.89. The largest absolute Gasteiger partial charge is 0.361 e. The molecule has 6 heteroatoms. The van der Waals surface area contributed by atoms with Gasteiger partial charge in [0, 0.05) is 49.8 Å². The van der Waals surface area contributed by atoms with E-state index >= 15 is 0 Å². The molecule has 0 radical (unpaired) electrons. The number of hydrogen-bond acceptors (Lipinski definition) is 2. The second kappa shape index (κ2) is 9.03. The van der Waals surface area contributed by atoms with E-state index in [9.17, 15) is 4.39 Å². The molecule has 0 atom stereocenters. The zero-order chi connectivity index (χ0) is 18.4. The molecule has 0 bridgehead atoms. The van der Waals surface area contributed by atoms with Crippen molar-refractivity contribution in [3.8, 4) is 0 Å². The first-order chi connectivity index (χ1) is 12.7. The lowest BCUT2D eigenvalue weighted by Crippen LogP contribution is -2.49. The average molecular weight is 359 g/mol. The predicted molar refractivity (Wildman–Crippen MR) is 106 cm³/mol. The standard InChI is InChI=1S/C20H30FN5/c1-3-10-26-11-7-17(8-12-26)25-20(22-2)23-9-6-15-14-24-19-13-16(21)4-5-18(15)19/h4-5,13-14,17,24H,3,6-12H2,1-2H3,(H2,22,23,25). The first-order valence-corrected chi connectivity index (χ1v) is 9.64. The number of piperidine rings is 1. The molecule has 5 nitrogen and oxygen atoms in total. The van der Waals surface area contributed by atoms with Crippen molar-refractivity contribution >= 4 is 16.9 Å². The van der Waals surface area contributed by atoms with Crippen molar-refractivity contribution in [3.63, 3.8) is 0 Å². The molecule has 142 valence electrons. The monoisotopic (exact) mass is 359 g/mol. The van der Waals surface area contributed by atoms with Crippen molar-refractivity contribution in [2.24, 2.45) is 4.99 Å². The molecular formula is C20H30FN5. The highest BCUT2D eigenvalue weighted by molar-refractivity contribution is 5.83. The maximum atomic E-state index is 13.3. The van der Waals surface area contributed by atoms with Gasteiger partial charge < -0.3 is 20.5 Å². The van der Waals surface area contributed by atoms with Crippen LogP contribution in [-0.4, -0.2) is 55.1 Å². The van der Waals surface area contributed by atoms with Gasteiger partial charge in [0.25, 0.3) is 0 Å². The van der Waals surface area contributed by atoms with Crippen molar-refractivity contribution < 1.29 is 4.39 Å². The third kappa shape index (κ3) is 4.75. The number of rotatable bonds is 6. The molecule has 3 rings (SSSR count). The Labute approximate surface area is 155 Å². The first-order valence-electron chi connectivity index (χ1n) is 9.64. The topological polar surface area (TPSA) is 55.4 Å². The highest BCUT2D eigenvalue weighted by Gasteiger charge is 2.19. The Kier molecular flexibility index (Phi) is 6.50. The van der Waals surface area contributed by atoms with Gasteiger partial charge in [0.2, 0.25) is 0 Å². The molecule has 3 N–H and O–H groups in total.